The van der Waals surface area contributed by atoms with Crippen molar-refractivity contribution in [3.63, 3.8) is 0 Å². The van der Waals surface area contributed by atoms with Crippen molar-refractivity contribution in [2.24, 2.45) is 23.7 Å². The fourth-order valence-corrected chi connectivity index (χ4v) is 10.5. The molecule has 15 nitrogen and oxygen atoms in total. The second kappa shape index (κ2) is 17.6. The average Bonchev–Trinajstić information content (AvgIpc) is 4.16. The molecular formula is C42H58F2N6O9S. The van der Waals surface area contributed by atoms with Gasteiger partial charge in [0.25, 0.3) is 5.91 Å². The lowest BCUT2D eigenvalue weighted by Gasteiger charge is -2.35. The van der Waals surface area contributed by atoms with Gasteiger partial charge >= 0.3 is 6.09 Å². The fourth-order valence-electron chi connectivity index (χ4n) is 9.23. The minimum absolute atomic E-state index is 0.192. The number of nitrogens with zero attached hydrogens (tertiary/aromatic N) is 3. The van der Waals surface area contributed by atoms with Crippen molar-refractivity contribution in [1.82, 2.24) is 30.2 Å². The molecule has 330 valence electrons. The van der Waals surface area contributed by atoms with Crippen LogP contribution in [0.2, 0.25) is 0 Å². The highest BCUT2D eigenvalue weighted by atomic mass is 32.2. The predicted octanol–water partition coefficient (Wildman–Crippen LogP) is 5.49. The first-order valence-electron chi connectivity index (χ1n) is 21.6. The number of benzene rings is 1. The van der Waals surface area contributed by atoms with Gasteiger partial charge in [0, 0.05) is 12.0 Å². The number of halogens is 2. The summed E-state index contributed by atoms with van der Waals surface area (Å²) in [6, 6.07) is 2.69. The van der Waals surface area contributed by atoms with Gasteiger partial charge in [-0.05, 0) is 82.3 Å². The molecule has 0 spiro atoms. The van der Waals surface area contributed by atoms with E-state index in [0.717, 1.165) is 44.4 Å². The Morgan fingerprint density at radius 2 is 1.75 bits per heavy atom. The Hall–Kier alpha value is -4.35. The van der Waals surface area contributed by atoms with E-state index in [2.05, 4.69) is 10.6 Å². The van der Waals surface area contributed by atoms with Crippen LogP contribution in [0.4, 0.5) is 13.6 Å². The molecule has 1 aromatic carbocycles. The number of methoxy groups -OCH3 is 1. The standard InChI is InChI=1S/C42H58F2N6O9S/c1-4-27-32(59-37-30(14-10-5-7-11-24-15-16-24)45-29-18-17-26(58-3)21-31(29)46-37)23-50(38(52)33(47-40(54)55)25-12-8-6-9-13-25)34(27)36(51)48-42(22-28(42)35(43)44)39(53)49-60(56,57)41(2)19-20-41/h17-18,21,24-25,27-28,32-35,47H,4-16,19-20,22-23H2,1-3H3,(H,48,51)(H,49,53)(H,54,55)/t27-,28+,32+,33+,34+,42-/m1/s1. The van der Waals surface area contributed by atoms with Gasteiger partial charge < -0.3 is 30.1 Å². The quantitative estimate of drug-likeness (QED) is 0.130. The molecule has 4 saturated carbocycles. The molecule has 0 unspecified atom stereocenters. The Morgan fingerprint density at radius 3 is 2.37 bits per heavy atom. The molecule has 1 aliphatic heterocycles. The normalized spacial score (nSPS) is 26.7. The van der Waals surface area contributed by atoms with Crippen molar-refractivity contribution in [3.05, 3.63) is 23.9 Å². The molecule has 18 heteroatoms. The maximum Gasteiger partial charge on any atom is 0.405 e. The van der Waals surface area contributed by atoms with Crippen molar-refractivity contribution in [2.45, 2.75) is 151 Å². The number of fused-ring (bicyclic) bond motifs is 1. The predicted molar refractivity (Wildman–Crippen MR) is 216 cm³/mol. The van der Waals surface area contributed by atoms with E-state index >= 15 is 0 Å². The van der Waals surface area contributed by atoms with Crippen LogP contribution in [0.5, 0.6) is 11.6 Å². The third kappa shape index (κ3) is 9.27. The number of carboxylic acid groups (broad SMARTS) is 1. The first-order chi connectivity index (χ1) is 28.6. The van der Waals surface area contributed by atoms with Crippen molar-refractivity contribution in [3.8, 4) is 11.6 Å². The maximum atomic E-state index is 14.8. The summed E-state index contributed by atoms with van der Waals surface area (Å²) in [4.78, 5) is 66.4. The second-order valence-corrected chi connectivity index (χ2v) is 20.0. The number of carbonyl (C=O) groups is 4. The molecule has 6 atom stereocenters. The average molecular weight is 861 g/mol. The third-order valence-electron chi connectivity index (χ3n) is 13.6. The first-order valence-corrected chi connectivity index (χ1v) is 23.1. The molecule has 5 aliphatic rings. The van der Waals surface area contributed by atoms with E-state index in [1.807, 2.05) is 4.72 Å². The van der Waals surface area contributed by atoms with E-state index in [-0.39, 0.29) is 37.6 Å². The van der Waals surface area contributed by atoms with Crippen molar-refractivity contribution >= 4 is 44.9 Å². The lowest BCUT2D eigenvalue weighted by atomic mass is 9.83. The molecule has 5 fully saturated rings. The summed E-state index contributed by atoms with van der Waals surface area (Å²) < 4.78 is 67.8. The SMILES string of the molecule is CC[C@@H]1[C@@H](Oc2nc3cc(OC)ccc3nc2CCCCCC2CC2)CN(C(=O)[C@@H](NC(=O)O)C2CCCCC2)[C@@H]1C(=O)N[C@]1(C(=O)NS(=O)(=O)C2(C)CC2)C[C@H]1C(F)F. The zero-order chi connectivity index (χ0) is 43.0. The number of amides is 4. The molecule has 4 amide bonds. The molecule has 2 aromatic rings. The number of sulfonamides is 1. The zero-order valence-electron chi connectivity index (χ0n) is 34.6. The number of hydrogen-bond donors (Lipinski definition) is 4. The minimum Gasteiger partial charge on any atom is -0.497 e. The summed E-state index contributed by atoms with van der Waals surface area (Å²) in [6.07, 6.45) is 5.77. The van der Waals surface area contributed by atoms with E-state index in [1.54, 1.807) is 25.1 Å². The van der Waals surface area contributed by atoms with Crippen molar-refractivity contribution in [1.29, 1.82) is 0 Å². The number of rotatable bonds is 19. The number of carbonyl (C=O) groups excluding carboxylic acids is 3. The Morgan fingerprint density at radius 1 is 1.02 bits per heavy atom. The van der Waals surface area contributed by atoms with Gasteiger partial charge in [0.15, 0.2) is 0 Å². The summed E-state index contributed by atoms with van der Waals surface area (Å²) in [7, 11) is -2.72. The van der Waals surface area contributed by atoms with Crippen LogP contribution in [0.3, 0.4) is 0 Å². The van der Waals surface area contributed by atoms with E-state index in [0.29, 0.717) is 41.7 Å². The van der Waals surface area contributed by atoms with Crippen LogP contribution in [0.25, 0.3) is 11.0 Å². The van der Waals surface area contributed by atoms with Gasteiger partial charge in [-0.15, -0.1) is 0 Å². The van der Waals surface area contributed by atoms with Crippen LogP contribution >= 0.6 is 0 Å². The number of ether oxygens (including phenoxy) is 2. The molecular weight excluding hydrogens is 803 g/mol. The number of nitrogens with one attached hydrogen (secondary N) is 3. The Balaban J connectivity index is 1.22. The summed E-state index contributed by atoms with van der Waals surface area (Å²) in [6.45, 7) is 3.04. The van der Waals surface area contributed by atoms with Crippen LogP contribution in [0, 0.1) is 23.7 Å². The molecule has 4 aliphatic carbocycles. The highest BCUT2D eigenvalue weighted by Gasteiger charge is 2.67. The molecule has 2 heterocycles. The van der Waals surface area contributed by atoms with Crippen LogP contribution in [0.1, 0.15) is 116 Å². The van der Waals surface area contributed by atoms with Gasteiger partial charge in [0.1, 0.15) is 35.2 Å². The Bertz CT molecular complexity index is 2060. The van der Waals surface area contributed by atoms with E-state index < -0.39 is 87.0 Å². The highest BCUT2D eigenvalue weighted by molar-refractivity contribution is 7.91. The summed E-state index contributed by atoms with van der Waals surface area (Å²) in [5.74, 6) is -4.15. The lowest BCUT2D eigenvalue weighted by molar-refractivity contribution is -0.143. The van der Waals surface area contributed by atoms with E-state index in [4.69, 9.17) is 19.4 Å². The number of aromatic nitrogens is 2. The first kappa shape index (κ1) is 43.7. The van der Waals surface area contributed by atoms with Crippen LogP contribution in [-0.2, 0) is 30.8 Å². The maximum absolute atomic E-state index is 14.8. The Kier molecular flexibility index (Phi) is 12.8. The second-order valence-electron chi connectivity index (χ2n) is 17.9. The minimum atomic E-state index is -4.25. The molecule has 0 bridgehead atoms. The summed E-state index contributed by atoms with van der Waals surface area (Å²) in [5.41, 5.74) is -0.551. The van der Waals surface area contributed by atoms with Gasteiger partial charge in [-0.25, -0.2) is 32.0 Å². The number of aryl methyl sites for hydroxylation is 1. The molecule has 4 N–H and O–H groups in total. The fraction of sp³-hybridized carbons (Fsp3) is 0.714. The molecule has 1 aromatic heterocycles. The monoisotopic (exact) mass is 860 g/mol. The van der Waals surface area contributed by atoms with Gasteiger partial charge in [0.05, 0.1) is 35.4 Å². The van der Waals surface area contributed by atoms with Crippen LogP contribution < -0.4 is 24.8 Å². The summed E-state index contributed by atoms with van der Waals surface area (Å²) >= 11 is 0. The molecule has 1 saturated heterocycles. The zero-order valence-corrected chi connectivity index (χ0v) is 35.4. The molecule has 0 radical (unpaired) electrons. The van der Waals surface area contributed by atoms with Gasteiger partial charge in [0.2, 0.25) is 34.1 Å². The highest BCUT2D eigenvalue weighted by Crippen LogP contribution is 2.50. The van der Waals surface area contributed by atoms with Gasteiger partial charge in [-0.3, -0.25) is 19.1 Å². The number of likely N-dealkylation sites (tertiary alicyclic amines) is 1. The van der Waals surface area contributed by atoms with Gasteiger partial charge in [-0.2, -0.15) is 0 Å². The van der Waals surface area contributed by atoms with Gasteiger partial charge in [-0.1, -0.05) is 58.3 Å². The van der Waals surface area contributed by atoms with E-state index in [9.17, 15) is 41.5 Å². The number of alkyl halides is 2. The Labute approximate surface area is 349 Å². The summed E-state index contributed by atoms with van der Waals surface area (Å²) in [5, 5.41) is 14.8. The van der Waals surface area contributed by atoms with Crippen molar-refractivity contribution < 1.29 is 51.0 Å². The molecule has 7 rings (SSSR count). The van der Waals surface area contributed by atoms with E-state index in [1.165, 1.54) is 38.2 Å². The topological polar surface area (TPSA) is 206 Å². The van der Waals surface area contributed by atoms with Crippen LogP contribution in [-0.4, -0.2) is 101 Å². The third-order valence-corrected chi connectivity index (χ3v) is 15.7. The van der Waals surface area contributed by atoms with Crippen LogP contribution in [0.15, 0.2) is 18.2 Å². The largest absolute Gasteiger partial charge is 0.497 e. The van der Waals surface area contributed by atoms with Crippen molar-refractivity contribution in [2.75, 3.05) is 13.7 Å². The number of hydrogen-bond acceptors (Lipinski definition) is 10. The number of unbranched alkanes of at least 4 members (excludes halogenated alkanes) is 2. The lowest BCUT2D eigenvalue weighted by Crippen LogP contribution is -2.60. The smallest absolute Gasteiger partial charge is 0.405 e. The molecule has 60 heavy (non-hydrogen) atoms.